The number of hydrogen-bond acceptors (Lipinski definition) is 3. The van der Waals surface area contributed by atoms with Gasteiger partial charge in [0.25, 0.3) is 0 Å². The topological polar surface area (TPSA) is 26.7 Å². The van der Waals surface area contributed by atoms with Crippen LogP contribution in [-0.4, -0.2) is 53.7 Å². The molecule has 0 radical (unpaired) electrons. The van der Waals surface area contributed by atoms with Crippen molar-refractivity contribution in [2.75, 3.05) is 26.7 Å². The highest BCUT2D eigenvalue weighted by Gasteiger charge is 2.34. The maximum atomic E-state index is 10.8. The van der Waals surface area contributed by atoms with Gasteiger partial charge in [-0.2, -0.15) is 0 Å². The second kappa shape index (κ2) is 6.47. The minimum atomic E-state index is -0.329. The van der Waals surface area contributed by atoms with Gasteiger partial charge in [-0.15, -0.1) is 0 Å². The normalized spacial score (nSPS) is 27.8. The van der Waals surface area contributed by atoms with Crippen molar-refractivity contribution in [3.63, 3.8) is 0 Å². The second-order valence-electron chi connectivity index (χ2n) is 6.58. The first-order valence-corrected chi connectivity index (χ1v) is 8.41. The molecule has 0 saturated carbocycles. The predicted molar refractivity (Wildman–Crippen MR) is 86.4 cm³/mol. The van der Waals surface area contributed by atoms with Gasteiger partial charge in [-0.25, -0.2) is 0 Å². The van der Waals surface area contributed by atoms with E-state index in [2.05, 4.69) is 42.0 Å². The fourth-order valence-electron chi connectivity index (χ4n) is 4.06. The number of aryl methyl sites for hydroxylation is 1. The van der Waals surface area contributed by atoms with Gasteiger partial charge in [-0.3, -0.25) is 4.90 Å². The first kappa shape index (κ1) is 15.0. The van der Waals surface area contributed by atoms with Crippen molar-refractivity contribution in [2.45, 2.75) is 50.8 Å². The fourth-order valence-corrected chi connectivity index (χ4v) is 4.06. The van der Waals surface area contributed by atoms with E-state index >= 15 is 0 Å². The Morgan fingerprint density at radius 1 is 1.19 bits per heavy atom. The van der Waals surface area contributed by atoms with Crippen LogP contribution < -0.4 is 0 Å². The predicted octanol–water partition coefficient (Wildman–Crippen LogP) is 2.45. The molecule has 21 heavy (non-hydrogen) atoms. The average molecular weight is 288 g/mol. The Kier molecular flexibility index (Phi) is 4.63. The third kappa shape index (κ3) is 3.01. The summed E-state index contributed by atoms with van der Waals surface area (Å²) in [6.45, 7) is 5.80. The number of likely N-dealkylation sites (tertiary alicyclic amines) is 1. The lowest BCUT2D eigenvalue weighted by atomic mass is 9.84. The SMILES string of the molecule is CCN1CCC(N(C)C2CCc3ccccc3C2O)CC1. The summed E-state index contributed by atoms with van der Waals surface area (Å²) in [6.07, 6.45) is 4.30. The van der Waals surface area contributed by atoms with Crippen LogP contribution in [0, 0.1) is 0 Å². The van der Waals surface area contributed by atoms with Crippen LogP contribution in [0.4, 0.5) is 0 Å². The van der Waals surface area contributed by atoms with E-state index < -0.39 is 0 Å². The summed E-state index contributed by atoms with van der Waals surface area (Å²) in [5, 5.41) is 10.8. The highest BCUT2D eigenvalue weighted by atomic mass is 16.3. The highest BCUT2D eigenvalue weighted by Crippen LogP contribution is 2.34. The number of piperidine rings is 1. The Labute approximate surface area is 128 Å². The molecule has 0 amide bonds. The molecule has 0 spiro atoms. The molecule has 0 bridgehead atoms. The molecule has 3 nitrogen and oxygen atoms in total. The van der Waals surface area contributed by atoms with Crippen LogP contribution in [-0.2, 0) is 6.42 Å². The van der Waals surface area contributed by atoms with E-state index in [1.807, 2.05) is 6.07 Å². The van der Waals surface area contributed by atoms with E-state index in [-0.39, 0.29) is 12.1 Å². The summed E-state index contributed by atoms with van der Waals surface area (Å²) in [4.78, 5) is 4.99. The molecule has 2 atom stereocenters. The molecule has 1 aliphatic carbocycles. The van der Waals surface area contributed by atoms with Crippen molar-refractivity contribution in [3.05, 3.63) is 35.4 Å². The van der Waals surface area contributed by atoms with E-state index in [0.29, 0.717) is 6.04 Å². The molecule has 3 rings (SSSR count). The largest absolute Gasteiger partial charge is 0.387 e. The van der Waals surface area contributed by atoms with Crippen molar-refractivity contribution in [2.24, 2.45) is 0 Å². The van der Waals surface area contributed by atoms with Gasteiger partial charge < -0.3 is 10.0 Å². The van der Waals surface area contributed by atoms with Crippen molar-refractivity contribution in [3.8, 4) is 0 Å². The molecule has 1 aliphatic heterocycles. The van der Waals surface area contributed by atoms with Gasteiger partial charge >= 0.3 is 0 Å². The number of rotatable bonds is 3. The molecule has 1 N–H and O–H groups in total. The van der Waals surface area contributed by atoms with Crippen molar-refractivity contribution in [1.29, 1.82) is 0 Å². The van der Waals surface area contributed by atoms with Crippen LogP contribution >= 0.6 is 0 Å². The average Bonchev–Trinajstić information content (AvgIpc) is 2.55. The van der Waals surface area contributed by atoms with Gasteiger partial charge in [0.2, 0.25) is 0 Å². The molecule has 1 heterocycles. The zero-order valence-corrected chi connectivity index (χ0v) is 13.3. The van der Waals surface area contributed by atoms with Gasteiger partial charge in [0.1, 0.15) is 0 Å². The van der Waals surface area contributed by atoms with E-state index in [4.69, 9.17) is 0 Å². The summed E-state index contributed by atoms with van der Waals surface area (Å²) < 4.78 is 0. The number of fused-ring (bicyclic) bond motifs is 1. The van der Waals surface area contributed by atoms with E-state index in [1.165, 1.54) is 31.5 Å². The van der Waals surface area contributed by atoms with Gasteiger partial charge in [0, 0.05) is 12.1 Å². The highest BCUT2D eigenvalue weighted by molar-refractivity contribution is 5.32. The monoisotopic (exact) mass is 288 g/mol. The molecule has 1 saturated heterocycles. The van der Waals surface area contributed by atoms with Gasteiger partial charge in [0.05, 0.1) is 6.10 Å². The molecule has 2 aliphatic rings. The molecule has 1 fully saturated rings. The Bertz CT molecular complexity index is 468. The number of hydrogen-bond donors (Lipinski definition) is 1. The fraction of sp³-hybridized carbons (Fsp3) is 0.667. The van der Waals surface area contributed by atoms with Crippen LogP contribution in [0.5, 0.6) is 0 Å². The summed E-state index contributed by atoms with van der Waals surface area (Å²) in [7, 11) is 2.22. The number of benzene rings is 1. The Hall–Kier alpha value is -0.900. The second-order valence-corrected chi connectivity index (χ2v) is 6.58. The Balaban J connectivity index is 1.67. The minimum absolute atomic E-state index is 0.276. The lowest BCUT2D eigenvalue weighted by molar-refractivity contribution is 0.0105. The number of aliphatic hydroxyl groups excluding tert-OH is 1. The minimum Gasteiger partial charge on any atom is -0.387 e. The molecule has 1 aromatic carbocycles. The first-order chi connectivity index (χ1) is 10.2. The maximum Gasteiger partial charge on any atom is 0.0947 e. The lowest BCUT2D eigenvalue weighted by Gasteiger charge is -2.43. The third-order valence-electron chi connectivity index (χ3n) is 5.55. The molecule has 0 aromatic heterocycles. The standard InChI is InChI=1S/C18H28N2O/c1-3-20-12-10-15(11-13-20)19(2)17-9-8-14-6-4-5-7-16(14)18(17)21/h4-7,15,17-18,21H,3,8-13H2,1-2H3. The van der Waals surface area contributed by atoms with Crippen LogP contribution in [0.1, 0.15) is 43.4 Å². The molecule has 2 unspecified atom stereocenters. The van der Waals surface area contributed by atoms with Gasteiger partial charge in [0.15, 0.2) is 0 Å². The van der Waals surface area contributed by atoms with E-state index in [0.717, 1.165) is 24.9 Å². The lowest BCUT2D eigenvalue weighted by Crippen LogP contribution is -2.50. The van der Waals surface area contributed by atoms with E-state index in [1.54, 1.807) is 0 Å². The summed E-state index contributed by atoms with van der Waals surface area (Å²) >= 11 is 0. The number of likely N-dealkylation sites (N-methyl/N-ethyl adjacent to an activating group) is 1. The molecule has 1 aromatic rings. The van der Waals surface area contributed by atoms with Crippen LogP contribution in [0.3, 0.4) is 0 Å². The van der Waals surface area contributed by atoms with Crippen molar-refractivity contribution in [1.82, 2.24) is 9.80 Å². The van der Waals surface area contributed by atoms with Crippen LogP contribution in [0.25, 0.3) is 0 Å². The zero-order chi connectivity index (χ0) is 14.8. The summed E-state index contributed by atoms with van der Waals surface area (Å²) in [5.74, 6) is 0. The van der Waals surface area contributed by atoms with Crippen molar-refractivity contribution >= 4 is 0 Å². The van der Waals surface area contributed by atoms with E-state index in [9.17, 15) is 5.11 Å². The Morgan fingerprint density at radius 2 is 1.90 bits per heavy atom. The molecule has 3 heteroatoms. The quantitative estimate of drug-likeness (QED) is 0.925. The zero-order valence-electron chi connectivity index (χ0n) is 13.3. The third-order valence-corrected chi connectivity index (χ3v) is 5.55. The smallest absolute Gasteiger partial charge is 0.0947 e. The summed E-state index contributed by atoms with van der Waals surface area (Å²) in [5.41, 5.74) is 2.47. The number of nitrogens with zero attached hydrogens (tertiary/aromatic N) is 2. The summed E-state index contributed by atoms with van der Waals surface area (Å²) in [6, 6.07) is 9.28. The molecular weight excluding hydrogens is 260 g/mol. The number of aliphatic hydroxyl groups is 1. The van der Waals surface area contributed by atoms with Gasteiger partial charge in [-0.1, -0.05) is 31.2 Å². The van der Waals surface area contributed by atoms with Crippen LogP contribution in [0.2, 0.25) is 0 Å². The molecular formula is C18H28N2O. The maximum absolute atomic E-state index is 10.8. The van der Waals surface area contributed by atoms with Gasteiger partial charge in [-0.05, 0) is 63.5 Å². The first-order valence-electron chi connectivity index (χ1n) is 8.41. The molecule has 116 valence electrons. The Morgan fingerprint density at radius 3 is 2.62 bits per heavy atom. The van der Waals surface area contributed by atoms with Crippen molar-refractivity contribution < 1.29 is 5.11 Å². The van der Waals surface area contributed by atoms with Crippen LogP contribution in [0.15, 0.2) is 24.3 Å².